The molecule has 0 aromatic heterocycles. The van der Waals surface area contributed by atoms with Gasteiger partial charge in [-0.1, -0.05) is 341 Å². The zero-order valence-corrected chi connectivity index (χ0v) is 65.2. The first-order chi connectivity index (χ1) is 47.6. The van der Waals surface area contributed by atoms with Gasteiger partial charge in [-0.2, -0.15) is 0 Å². The predicted octanol–water partition coefficient (Wildman–Crippen LogP) is 23.2. The molecule has 98 heavy (non-hydrogen) atoms. The fraction of sp³-hybridized carbons (Fsp3) is 0.899. The molecule has 0 aromatic rings. The number of hydrogen-bond donors (Lipinski definition) is 3. The summed E-state index contributed by atoms with van der Waals surface area (Å²) in [5.41, 5.74) is 0. The Bertz CT molecular complexity index is 1970. The van der Waals surface area contributed by atoms with Crippen LogP contribution < -0.4 is 0 Å². The molecule has 17 nitrogen and oxygen atoms in total. The van der Waals surface area contributed by atoms with Crippen LogP contribution in [-0.4, -0.2) is 96.7 Å². The second kappa shape index (κ2) is 71.5. The van der Waals surface area contributed by atoms with Crippen LogP contribution in [0.5, 0.6) is 0 Å². The van der Waals surface area contributed by atoms with E-state index >= 15 is 0 Å². The molecule has 0 saturated carbocycles. The van der Waals surface area contributed by atoms with Crippen molar-refractivity contribution in [1.29, 1.82) is 0 Å². The Morgan fingerprint density at radius 1 is 0.327 bits per heavy atom. The van der Waals surface area contributed by atoms with Crippen LogP contribution in [0.25, 0.3) is 0 Å². The fourth-order valence-corrected chi connectivity index (χ4v) is 13.2. The van der Waals surface area contributed by atoms with Crippen molar-refractivity contribution < 1.29 is 80.2 Å². The monoisotopic (exact) mass is 1430 g/mol. The standard InChI is InChI=1S/C79H150O17P2/c1-6-10-13-16-19-22-25-27-29-30-31-33-35-38-44-49-54-59-64-78(83)95-74(69-90-77(82)63-58-53-48-43-37-34-32-28-26-23-20-17-14-11-7-2)70-93-97(85,86)91-66-73(80)67-92-98(87,88)94-71-75(68-89-76(81)62-57-52-47-42-36-24-21-18-15-12-8-3)96-79(84)65-60-55-50-45-40-39-41-46-51-56-61-72(5)9-4/h23,26,28,32,72-75,80H,6-22,24-25,27,29-31,33-71H2,1-5H3,(H,85,86)(H,87,88)/b26-23-,32-28-/t72?,73-,74-,75-/m1/s1. The van der Waals surface area contributed by atoms with E-state index in [2.05, 4.69) is 58.9 Å². The van der Waals surface area contributed by atoms with Crippen molar-refractivity contribution in [2.45, 2.75) is 412 Å². The van der Waals surface area contributed by atoms with Gasteiger partial charge in [0.05, 0.1) is 26.4 Å². The summed E-state index contributed by atoms with van der Waals surface area (Å²) in [5, 5.41) is 10.6. The van der Waals surface area contributed by atoms with E-state index in [4.69, 9.17) is 37.0 Å². The maximum Gasteiger partial charge on any atom is 0.472 e. The summed E-state index contributed by atoms with van der Waals surface area (Å²) in [6.45, 7) is 7.27. The van der Waals surface area contributed by atoms with Crippen molar-refractivity contribution in [3.8, 4) is 0 Å². The highest BCUT2D eigenvalue weighted by Crippen LogP contribution is 2.45. The lowest BCUT2D eigenvalue weighted by molar-refractivity contribution is -0.161. The fourth-order valence-electron chi connectivity index (χ4n) is 11.7. The Labute approximate surface area is 599 Å². The number of rotatable bonds is 77. The van der Waals surface area contributed by atoms with Gasteiger partial charge in [-0.25, -0.2) is 9.13 Å². The molecule has 0 radical (unpaired) electrons. The smallest absolute Gasteiger partial charge is 0.462 e. The summed E-state index contributed by atoms with van der Waals surface area (Å²) in [4.78, 5) is 72.9. The van der Waals surface area contributed by atoms with E-state index in [0.29, 0.717) is 25.7 Å². The van der Waals surface area contributed by atoms with Crippen LogP contribution in [0.1, 0.15) is 394 Å². The van der Waals surface area contributed by atoms with Gasteiger partial charge in [-0.05, 0) is 57.3 Å². The Balaban J connectivity index is 5.29. The average Bonchev–Trinajstić information content (AvgIpc) is 0.957. The van der Waals surface area contributed by atoms with Crippen LogP contribution >= 0.6 is 15.6 Å². The van der Waals surface area contributed by atoms with E-state index in [1.807, 2.05) is 0 Å². The molecule has 0 bridgehead atoms. The maximum atomic E-state index is 13.1. The number of hydrogen-bond acceptors (Lipinski definition) is 15. The van der Waals surface area contributed by atoms with E-state index in [-0.39, 0.29) is 25.7 Å². The van der Waals surface area contributed by atoms with Gasteiger partial charge in [0, 0.05) is 25.7 Å². The zero-order valence-electron chi connectivity index (χ0n) is 63.4. The largest absolute Gasteiger partial charge is 0.472 e. The van der Waals surface area contributed by atoms with Gasteiger partial charge >= 0.3 is 39.5 Å². The number of ether oxygens (including phenoxy) is 4. The van der Waals surface area contributed by atoms with Crippen molar-refractivity contribution in [2.75, 3.05) is 39.6 Å². The molecule has 0 heterocycles. The number of carbonyl (C=O) groups excluding carboxylic acids is 4. The Kier molecular flexibility index (Phi) is 69.7. The van der Waals surface area contributed by atoms with E-state index in [1.54, 1.807) is 0 Å². The summed E-state index contributed by atoms with van der Waals surface area (Å²) in [6, 6.07) is 0. The number of allylic oxidation sites excluding steroid dienone is 4. The van der Waals surface area contributed by atoms with Crippen molar-refractivity contribution in [3.63, 3.8) is 0 Å². The third-order valence-electron chi connectivity index (χ3n) is 18.3. The van der Waals surface area contributed by atoms with E-state index in [9.17, 15) is 43.2 Å². The molecule has 0 aromatic carbocycles. The number of phosphoric ester groups is 2. The molecule has 3 unspecified atom stereocenters. The van der Waals surface area contributed by atoms with Gasteiger partial charge in [0.1, 0.15) is 19.3 Å². The molecule has 0 amide bonds. The molecule has 0 fully saturated rings. The number of aliphatic hydroxyl groups excluding tert-OH is 1. The molecule has 6 atom stereocenters. The van der Waals surface area contributed by atoms with Gasteiger partial charge in [0.2, 0.25) is 0 Å². The van der Waals surface area contributed by atoms with Gasteiger partial charge in [0.15, 0.2) is 12.2 Å². The second-order valence-electron chi connectivity index (χ2n) is 28.0. The van der Waals surface area contributed by atoms with Crippen LogP contribution in [0, 0.1) is 5.92 Å². The molecule has 578 valence electrons. The Morgan fingerprint density at radius 3 is 0.867 bits per heavy atom. The Morgan fingerprint density at radius 2 is 0.571 bits per heavy atom. The van der Waals surface area contributed by atoms with Gasteiger partial charge in [0.25, 0.3) is 0 Å². The number of phosphoric acid groups is 2. The highest BCUT2D eigenvalue weighted by molar-refractivity contribution is 7.47. The van der Waals surface area contributed by atoms with Crippen LogP contribution in [0.3, 0.4) is 0 Å². The molecule has 0 aliphatic heterocycles. The van der Waals surface area contributed by atoms with Crippen LogP contribution in [0.4, 0.5) is 0 Å². The van der Waals surface area contributed by atoms with E-state index in [0.717, 1.165) is 115 Å². The number of esters is 4. The second-order valence-corrected chi connectivity index (χ2v) is 30.9. The molecular formula is C79H150O17P2. The van der Waals surface area contributed by atoms with E-state index in [1.165, 1.54) is 199 Å². The minimum absolute atomic E-state index is 0.102. The molecular weight excluding hydrogens is 1280 g/mol. The summed E-state index contributed by atoms with van der Waals surface area (Å²) in [5.74, 6) is -1.34. The maximum absolute atomic E-state index is 13.1. The molecule has 0 saturated heterocycles. The summed E-state index contributed by atoms with van der Waals surface area (Å²) in [7, 11) is -9.93. The molecule has 0 spiro atoms. The minimum atomic E-state index is -4.97. The van der Waals surface area contributed by atoms with Crippen LogP contribution in [0.2, 0.25) is 0 Å². The summed E-state index contributed by atoms with van der Waals surface area (Å²) >= 11 is 0. The zero-order chi connectivity index (χ0) is 71.9. The number of carbonyl (C=O) groups is 4. The third kappa shape index (κ3) is 70.6. The average molecular weight is 1430 g/mol. The highest BCUT2D eigenvalue weighted by atomic mass is 31.2. The minimum Gasteiger partial charge on any atom is -0.462 e. The first-order valence-electron chi connectivity index (χ1n) is 40.5. The van der Waals surface area contributed by atoms with E-state index < -0.39 is 97.5 Å². The first kappa shape index (κ1) is 95.5. The predicted molar refractivity (Wildman–Crippen MR) is 400 cm³/mol. The van der Waals surface area contributed by atoms with Gasteiger partial charge in [-0.15, -0.1) is 0 Å². The lowest BCUT2D eigenvalue weighted by Gasteiger charge is -2.21. The summed E-state index contributed by atoms with van der Waals surface area (Å²) in [6.07, 6.45) is 64.4. The van der Waals surface area contributed by atoms with Crippen LogP contribution in [0.15, 0.2) is 24.3 Å². The summed E-state index contributed by atoms with van der Waals surface area (Å²) < 4.78 is 68.6. The van der Waals surface area contributed by atoms with Crippen LogP contribution in [-0.2, 0) is 65.4 Å². The first-order valence-corrected chi connectivity index (χ1v) is 43.5. The van der Waals surface area contributed by atoms with Gasteiger partial charge in [-0.3, -0.25) is 37.3 Å². The van der Waals surface area contributed by atoms with Crippen molar-refractivity contribution in [1.82, 2.24) is 0 Å². The normalized spacial score (nSPS) is 14.3. The lowest BCUT2D eigenvalue weighted by Crippen LogP contribution is -2.30. The third-order valence-corrected chi connectivity index (χ3v) is 20.2. The van der Waals surface area contributed by atoms with Gasteiger partial charge < -0.3 is 33.8 Å². The molecule has 0 aliphatic carbocycles. The Hall–Kier alpha value is -2.46. The lowest BCUT2D eigenvalue weighted by atomic mass is 9.99. The number of unbranched alkanes of at least 4 members (excludes halogenated alkanes) is 45. The van der Waals surface area contributed by atoms with Crippen molar-refractivity contribution in [2.24, 2.45) is 5.92 Å². The quantitative estimate of drug-likeness (QED) is 0.0169. The molecule has 0 aliphatic rings. The highest BCUT2D eigenvalue weighted by Gasteiger charge is 2.30. The molecule has 3 N–H and O–H groups in total. The molecule has 19 heteroatoms. The van der Waals surface area contributed by atoms with Crippen molar-refractivity contribution in [3.05, 3.63) is 24.3 Å². The number of aliphatic hydroxyl groups is 1. The molecule has 0 rings (SSSR count). The SMILES string of the molecule is CCCCCC/C=C\C=C/CCCCCCCC(=O)OC[C@H](COP(=O)(O)OC[C@@H](O)COP(=O)(O)OC[C@@H](COC(=O)CCCCCCCCCCCCC)OC(=O)CCCCCCCCCCCCC(C)CC)OC(=O)CCCCCCCCCCCCCCCCCCCC. The van der Waals surface area contributed by atoms with Crippen molar-refractivity contribution >= 4 is 39.5 Å². The topological polar surface area (TPSA) is 237 Å².